The summed E-state index contributed by atoms with van der Waals surface area (Å²) in [5.41, 5.74) is 0.0730. The minimum atomic E-state index is -3.68. The van der Waals surface area contributed by atoms with Crippen molar-refractivity contribution in [2.45, 2.75) is 31.8 Å². The molecule has 1 aromatic rings. The number of nitrogens with zero attached hydrogens (tertiary/aromatic N) is 3. The first-order chi connectivity index (χ1) is 12.7. The van der Waals surface area contributed by atoms with Crippen LogP contribution in [0.3, 0.4) is 0 Å². The SMILES string of the molecule is CCN(CC)S(=O)(=O)c1cc(C(=O)OCC(=O)N2CCOC(C)C2)n(C)c1. The van der Waals surface area contributed by atoms with Gasteiger partial charge in [-0.1, -0.05) is 13.8 Å². The van der Waals surface area contributed by atoms with Crippen LogP contribution >= 0.6 is 0 Å². The third kappa shape index (κ3) is 4.88. The summed E-state index contributed by atoms with van der Waals surface area (Å²) >= 11 is 0. The van der Waals surface area contributed by atoms with Gasteiger partial charge in [-0.3, -0.25) is 4.79 Å². The van der Waals surface area contributed by atoms with Gasteiger partial charge in [-0.15, -0.1) is 0 Å². The van der Waals surface area contributed by atoms with Crippen molar-refractivity contribution in [3.05, 3.63) is 18.0 Å². The van der Waals surface area contributed by atoms with E-state index >= 15 is 0 Å². The van der Waals surface area contributed by atoms with Crippen LogP contribution in [0.2, 0.25) is 0 Å². The lowest BCUT2D eigenvalue weighted by Gasteiger charge is -2.30. The van der Waals surface area contributed by atoms with E-state index in [-0.39, 0.29) is 22.6 Å². The molecule has 0 aliphatic carbocycles. The number of rotatable bonds is 7. The lowest BCUT2D eigenvalue weighted by molar-refractivity contribution is -0.141. The molecule has 0 spiro atoms. The number of carbonyl (C=O) groups is 2. The van der Waals surface area contributed by atoms with E-state index < -0.39 is 22.6 Å². The number of ether oxygens (including phenoxy) is 2. The second kappa shape index (κ2) is 8.85. The molecule has 0 N–H and O–H groups in total. The average molecular weight is 401 g/mol. The standard InChI is InChI=1S/C17H27N3O6S/c1-5-20(6-2)27(23,24)14-9-15(18(4)11-14)17(22)26-12-16(21)19-7-8-25-13(3)10-19/h9,11,13H,5-8,10,12H2,1-4H3. The van der Waals surface area contributed by atoms with E-state index in [4.69, 9.17) is 9.47 Å². The molecule has 27 heavy (non-hydrogen) atoms. The van der Waals surface area contributed by atoms with Crippen LogP contribution < -0.4 is 0 Å². The highest BCUT2D eigenvalue weighted by Gasteiger charge is 2.27. The van der Waals surface area contributed by atoms with Crippen molar-refractivity contribution in [1.29, 1.82) is 0 Å². The molecule has 0 bridgehead atoms. The molecule has 1 aliphatic heterocycles. The van der Waals surface area contributed by atoms with Gasteiger partial charge in [0.2, 0.25) is 10.0 Å². The summed E-state index contributed by atoms with van der Waals surface area (Å²) in [6.07, 6.45) is 1.31. The summed E-state index contributed by atoms with van der Waals surface area (Å²) in [6, 6.07) is 1.28. The third-order valence-corrected chi connectivity index (χ3v) is 6.47. The van der Waals surface area contributed by atoms with Gasteiger partial charge in [-0.05, 0) is 13.0 Å². The van der Waals surface area contributed by atoms with E-state index in [1.165, 1.54) is 21.1 Å². The Hall–Kier alpha value is -1.91. The van der Waals surface area contributed by atoms with Gasteiger partial charge in [0.05, 0.1) is 12.7 Å². The highest BCUT2D eigenvalue weighted by molar-refractivity contribution is 7.89. The average Bonchev–Trinajstić information content (AvgIpc) is 3.03. The molecule has 0 aromatic carbocycles. The summed E-state index contributed by atoms with van der Waals surface area (Å²) in [7, 11) is -2.12. The van der Waals surface area contributed by atoms with Crippen molar-refractivity contribution >= 4 is 21.9 Å². The molecule has 152 valence electrons. The van der Waals surface area contributed by atoms with Crippen molar-refractivity contribution in [3.8, 4) is 0 Å². The molecule has 9 nitrogen and oxygen atoms in total. The van der Waals surface area contributed by atoms with E-state index in [1.807, 2.05) is 6.92 Å². The van der Waals surface area contributed by atoms with Crippen LogP contribution in [0.5, 0.6) is 0 Å². The van der Waals surface area contributed by atoms with Gasteiger partial charge in [-0.25, -0.2) is 13.2 Å². The second-order valence-electron chi connectivity index (χ2n) is 6.36. The normalized spacial score (nSPS) is 18.0. The van der Waals surface area contributed by atoms with Crippen LogP contribution in [-0.2, 0) is 31.3 Å². The van der Waals surface area contributed by atoms with E-state index in [0.29, 0.717) is 32.8 Å². The van der Waals surface area contributed by atoms with Gasteiger partial charge in [0.1, 0.15) is 10.6 Å². The second-order valence-corrected chi connectivity index (χ2v) is 8.30. The number of hydrogen-bond acceptors (Lipinski definition) is 6. The maximum atomic E-state index is 12.6. The van der Waals surface area contributed by atoms with Crippen molar-refractivity contribution in [3.63, 3.8) is 0 Å². The summed E-state index contributed by atoms with van der Waals surface area (Å²) < 4.78 is 38.3. The Bertz CT molecular complexity index is 785. The highest BCUT2D eigenvalue weighted by Crippen LogP contribution is 2.19. The first kappa shape index (κ1) is 21.4. The Morgan fingerprint density at radius 2 is 2.00 bits per heavy atom. The first-order valence-electron chi connectivity index (χ1n) is 8.93. The smallest absolute Gasteiger partial charge is 0.355 e. The molecule has 1 aromatic heterocycles. The largest absolute Gasteiger partial charge is 0.451 e. The quantitative estimate of drug-likeness (QED) is 0.616. The number of sulfonamides is 1. The maximum Gasteiger partial charge on any atom is 0.355 e. The molecule has 2 heterocycles. The number of hydrogen-bond donors (Lipinski definition) is 0. The van der Waals surface area contributed by atoms with Crippen LogP contribution in [0, 0.1) is 0 Å². The fourth-order valence-corrected chi connectivity index (χ4v) is 4.46. The van der Waals surface area contributed by atoms with E-state index in [0.717, 1.165) is 0 Å². The van der Waals surface area contributed by atoms with Crippen molar-refractivity contribution < 1.29 is 27.5 Å². The number of esters is 1. The van der Waals surface area contributed by atoms with Crippen LogP contribution in [-0.4, -0.2) is 79.6 Å². The Balaban J connectivity index is 2.05. The number of morpholine rings is 1. The zero-order chi connectivity index (χ0) is 20.2. The Kier molecular flexibility index (Phi) is 7.01. The summed E-state index contributed by atoms with van der Waals surface area (Å²) in [4.78, 5) is 26.1. The molecule has 1 fully saturated rings. The summed E-state index contributed by atoms with van der Waals surface area (Å²) in [6.45, 7) is 6.99. The van der Waals surface area contributed by atoms with Gasteiger partial charge in [-0.2, -0.15) is 4.31 Å². The van der Waals surface area contributed by atoms with E-state index in [1.54, 1.807) is 25.8 Å². The predicted molar refractivity (Wildman–Crippen MR) is 97.8 cm³/mol. The Morgan fingerprint density at radius 3 is 2.59 bits per heavy atom. The highest BCUT2D eigenvalue weighted by atomic mass is 32.2. The van der Waals surface area contributed by atoms with Gasteiger partial charge in [0.15, 0.2) is 6.61 Å². The van der Waals surface area contributed by atoms with Crippen LogP contribution in [0.1, 0.15) is 31.3 Å². The van der Waals surface area contributed by atoms with Gasteiger partial charge >= 0.3 is 5.97 Å². The Morgan fingerprint density at radius 1 is 1.33 bits per heavy atom. The van der Waals surface area contributed by atoms with Gasteiger partial charge in [0, 0.05) is 39.4 Å². The third-order valence-electron chi connectivity index (χ3n) is 4.45. The summed E-state index contributed by atoms with van der Waals surface area (Å²) in [5.74, 6) is -1.04. The van der Waals surface area contributed by atoms with Gasteiger partial charge in [0.25, 0.3) is 5.91 Å². The maximum absolute atomic E-state index is 12.6. The molecule has 1 saturated heterocycles. The van der Waals surface area contributed by atoms with E-state index in [2.05, 4.69) is 0 Å². The first-order valence-corrected chi connectivity index (χ1v) is 10.4. The van der Waals surface area contributed by atoms with Crippen molar-refractivity contribution in [1.82, 2.24) is 13.8 Å². The molecule has 1 atom stereocenters. The van der Waals surface area contributed by atoms with E-state index in [9.17, 15) is 18.0 Å². The molecular formula is C17H27N3O6S. The number of aromatic nitrogens is 1. The molecule has 0 radical (unpaired) electrons. The van der Waals surface area contributed by atoms with Crippen LogP contribution in [0.4, 0.5) is 0 Å². The van der Waals surface area contributed by atoms with Crippen molar-refractivity contribution in [2.75, 3.05) is 39.4 Å². The van der Waals surface area contributed by atoms with Crippen LogP contribution in [0.15, 0.2) is 17.2 Å². The van der Waals surface area contributed by atoms with Crippen molar-refractivity contribution in [2.24, 2.45) is 7.05 Å². The molecule has 2 rings (SSSR count). The Labute approximate surface area is 159 Å². The molecular weight excluding hydrogens is 374 g/mol. The van der Waals surface area contributed by atoms with Gasteiger partial charge < -0.3 is 18.9 Å². The number of aryl methyl sites for hydroxylation is 1. The zero-order valence-electron chi connectivity index (χ0n) is 16.2. The lowest BCUT2D eigenvalue weighted by atomic mass is 10.3. The predicted octanol–water partition coefficient (Wildman–Crippen LogP) is 0.460. The van der Waals surface area contributed by atoms with Crippen LogP contribution in [0.25, 0.3) is 0 Å². The number of amides is 1. The minimum Gasteiger partial charge on any atom is -0.451 e. The fourth-order valence-electron chi connectivity index (χ4n) is 2.93. The molecule has 1 unspecified atom stereocenters. The lowest BCUT2D eigenvalue weighted by Crippen LogP contribution is -2.46. The zero-order valence-corrected chi connectivity index (χ0v) is 17.0. The fraction of sp³-hybridized carbons (Fsp3) is 0.647. The molecule has 1 aliphatic rings. The minimum absolute atomic E-state index is 0.0222. The number of carbonyl (C=O) groups excluding carboxylic acids is 2. The topological polar surface area (TPSA) is 98.2 Å². The molecule has 10 heteroatoms. The molecule has 0 saturated carbocycles. The monoisotopic (exact) mass is 401 g/mol. The summed E-state index contributed by atoms with van der Waals surface area (Å²) in [5, 5.41) is 0. The molecule has 1 amide bonds.